The first kappa shape index (κ1) is 18.3. The molecule has 0 aromatic heterocycles. The van der Waals surface area contributed by atoms with E-state index in [0.717, 1.165) is 30.5 Å². The van der Waals surface area contributed by atoms with Gasteiger partial charge in [-0.3, -0.25) is 4.90 Å². The van der Waals surface area contributed by atoms with Crippen LogP contribution in [0.1, 0.15) is 25.8 Å². The van der Waals surface area contributed by atoms with Crippen LogP contribution in [0, 0.1) is 5.41 Å². The van der Waals surface area contributed by atoms with Crippen LogP contribution in [-0.2, 0) is 6.54 Å². The van der Waals surface area contributed by atoms with Crippen molar-refractivity contribution in [3.8, 4) is 0 Å². The fourth-order valence-electron chi connectivity index (χ4n) is 2.71. The molecule has 0 spiro atoms. The number of benzene rings is 1. The third-order valence-corrected chi connectivity index (χ3v) is 5.35. The van der Waals surface area contributed by atoms with E-state index in [2.05, 4.69) is 59.1 Å². The minimum Gasteiger partial charge on any atom is -0.327 e. The summed E-state index contributed by atoms with van der Waals surface area (Å²) in [6.07, 6.45) is 3.24. The van der Waals surface area contributed by atoms with Crippen LogP contribution in [0.5, 0.6) is 0 Å². The summed E-state index contributed by atoms with van der Waals surface area (Å²) in [5.41, 5.74) is 7.84. The first-order chi connectivity index (χ1) is 8.92. The summed E-state index contributed by atoms with van der Waals surface area (Å²) in [4.78, 5) is 3.90. The molecule has 2 nitrogen and oxygen atoms in total. The molecule has 0 bridgehead atoms. The Morgan fingerprint density at radius 2 is 2.15 bits per heavy atom. The molecule has 0 aliphatic carbocycles. The maximum absolute atomic E-state index is 6.21. The van der Waals surface area contributed by atoms with Gasteiger partial charge in [0, 0.05) is 35.0 Å². The third-order valence-electron chi connectivity index (χ3n) is 4.03. The summed E-state index contributed by atoms with van der Waals surface area (Å²) < 4.78 is 1.15. The first-order valence-electron chi connectivity index (χ1n) is 6.73. The van der Waals surface area contributed by atoms with Gasteiger partial charge in [-0.2, -0.15) is 0 Å². The highest BCUT2D eigenvalue weighted by atomic mass is 79.9. The van der Waals surface area contributed by atoms with Crippen LogP contribution in [-0.4, -0.2) is 30.3 Å². The van der Waals surface area contributed by atoms with Gasteiger partial charge in [-0.1, -0.05) is 35.8 Å². The summed E-state index contributed by atoms with van der Waals surface area (Å²) >= 11 is 5.36. The number of hydrogen-bond donors (Lipinski definition) is 1. The monoisotopic (exact) mass is 378 g/mol. The molecule has 1 aromatic carbocycles. The Balaban J connectivity index is 0.00000200. The second-order valence-electron chi connectivity index (χ2n) is 6.05. The lowest BCUT2D eigenvalue weighted by molar-refractivity contribution is 0.0893. The van der Waals surface area contributed by atoms with Gasteiger partial charge in [0.2, 0.25) is 0 Å². The van der Waals surface area contributed by atoms with Crippen molar-refractivity contribution >= 4 is 40.1 Å². The van der Waals surface area contributed by atoms with E-state index in [1.54, 1.807) is 0 Å². The van der Waals surface area contributed by atoms with Gasteiger partial charge in [-0.05, 0) is 35.8 Å². The maximum Gasteiger partial charge on any atom is 0.0245 e. The molecule has 1 atom stereocenters. The lowest BCUT2D eigenvalue weighted by atomic mass is 9.79. The van der Waals surface area contributed by atoms with Crippen LogP contribution >= 0.6 is 40.1 Å². The van der Waals surface area contributed by atoms with E-state index < -0.39 is 0 Å². The van der Waals surface area contributed by atoms with Crippen molar-refractivity contribution in [3.05, 3.63) is 28.2 Å². The molecule has 2 rings (SSSR count). The second kappa shape index (κ2) is 7.50. The lowest BCUT2D eigenvalue weighted by Crippen LogP contribution is -2.52. The van der Waals surface area contributed by atoms with Gasteiger partial charge in [0.25, 0.3) is 0 Å². The normalized spacial score (nSPS) is 22.4. The molecular weight excluding hydrogens is 356 g/mol. The average molecular weight is 380 g/mol. The number of likely N-dealkylation sites (tertiary alicyclic amines) is 1. The first-order valence-corrected chi connectivity index (χ1v) is 8.74. The van der Waals surface area contributed by atoms with Crippen molar-refractivity contribution in [1.29, 1.82) is 0 Å². The Labute approximate surface area is 141 Å². The van der Waals surface area contributed by atoms with E-state index in [1.165, 1.54) is 10.5 Å². The number of hydrogen-bond acceptors (Lipinski definition) is 3. The molecule has 1 unspecified atom stereocenters. The highest BCUT2D eigenvalue weighted by molar-refractivity contribution is 9.10. The summed E-state index contributed by atoms with van der Waals surface area (Å²) in [6, 6.07) is 6.91. The van der Waals surface area contributed by atoms with Gasteiger partial charge in [0.05, 0.1) is 0 Å². The van der Waals surface area contributed by atoms with Gasteiger partial charge >= 0.3 is 0 Å². The second-order valence-corrected chi connectivity index (χ2v) is 7.81. The van der Waals surface area contributed by atoms with Crippen molar-refractivity contribution in [1.82, 2.24) is 4.90 Å². The van der Waals surface area contributed by atoms with E-state index in [4.69, 9.17) is 5.73 Å². The lowest BCUT2D eigenvalue weighted by Gasteiger charge is -2.42. The molecule has 2 N–H and O–H groups in total. The number of nitrogens with two attached hydrogens (primary N) is 1. The van der Waals surface area contributed by atoms with E-state index in [9.17, 15) is 0 Å². The van der Waals surface area contributed by atoms with Gasteiger partial charge in [-0.15, -0.1) is 24.2 Å². The topological polar surface area (TPSA) is 29.3 Å². The zero-order valence-corrected chi connectivity index (χ0v) is 15.6. The van der Waals surface area contributed by atoms with Crippen molar-refractivity contribution < 1.29 is 0 Å². The van der Waals surface area contributed by atoms with Gasteiger partial charge in [0.1, 0.15) is 0 Å². The number of rotatable bonds is 3. The molecule has 1 aromatic rings. The quantitative estimate of drug-likeness (QED) is 0.800. The molecule has 1 saturated heterocycles. The molecular formula is C15H24BrClN2S. The average Bonchev–Trinajstić information content (AvgIpc) is 2.35. The van der Waals surface area contributed by atoms with Crippen molar-refractivity contribution in [2.24, 2.45) is 11.1 Å². The molecule has 1 aliphatic rings. The number of nitrogens with zero attached hydrogens (tertiary/aromatic N) is 1. The number of halogens is 2. The van der Waals surface area contributed by atoms with E-state index >= 15 is 0 Å². The van der Waals surface area contributed by atoms with Crippen molar-refractivity contribution in [3.63, 3.8) is 0 Å². The standard InChI is InChI=1S/C15H23BrN2S.ClH/c1-15(2)10-18(7-6-14(15)17)9-11-4-5-12(16)8-13(11)19-3;/h4-5,8,14H,6-7,9-10,17H2,1-3H3;1H. The molecule has 20 heavy (non-hydrogen) atoms. The SMILES string of the molecule is CSc1cc(Br)ccc1CN1CCC(N)C(C)(C)C1.Cl. The van der Waals surface area contributed by atoms with Gasteiger partial charge < -0.3 is 5.73 Å². The molecule has 5 heteroatoms. The summed E-state index contributed by atoms with van der Waals surface area (Å²) in [6.45, 7) is 7.77. The fraction of sp³-hybridized carbons (Fsp3) is 0.600. The Morgan fingerprint density at radius 3 is 2.75 bits per heavy atom. The fourth-order valence-corrected chi connectivity index (χ4v) is 3.86. The van der Waals surface area contributed by atoms with E-state index in [1.807, 2.05) is 11.8 Å². The zero-order chi connectivity index (χ0) is 14.0. The molecule has 0 saturated carbocycles. The Hall–Kier alpha value is 0.260. The van der Waals surface area contributed by atoms with Crippen LogP contribution < -0.4 is 5.73 Å². The molecule has 1 aliphatic heterocycles. The van der Waals surface area contributed by atoms with Crippen LogP contribution in [0.25, 0.3) is 0 Å². The summed E-state index contributed by atoms with van der Waals surface area (Å²) in [5.74, 6) is 0. The van der Waals surface area contributed by atoms with Crippen molar-refractivity contribution in [2.45, 2.75) is 37.8 Å². The van der Waals surface area contributed by atoms with E-state index in [0.29, 0.717) is 6.04 Å². The zero-order valence-electron chi connectivity index (χ0n) is 12.4. The molecule has 114 valence electrons. The minimum absolute atomic E-state index is 0. The predicted molar refractivity (Wildman–Crippen MR) is 94.8 cm³/mol. The molecule has 0 radical (unpaired) electrons. The van der Waals surface area contributed by atoms with E-state index in [-0.39, 0.29) is 17.8 Å². The highest BCUT2D eigenvalue weighted by Crippen LogP contribution is 2.31. The highest BCUT2D eigenvalue weighted by Gasteiger charge is 2.33. The molecule has 1 heterocycles. The maximum atomic E-state index is 6.21. The molecule has 1 fully saturated rings. The van der Waals surface area contributed by atoms with Crippen molar-refractivity contribution in [2.75, 3.05) is 19.3 Å². The summed E-state index contributed by atoms with van der Waals surface area (Å²) in [5, 5.41) is 0. The Bertz CT molecular complexity index is 453. The Morgan fingerprint density at radius 1 is 1.45 bits per heavy atom. The van der Waals surface area contributed by atoms with Gasteiger partial charge in [0.15, 0.2) is 0 Å². The smallest absolute Gasteiger partial charge is 0.0245 e. The number of piperidine rings is 1. The van der Waals surface area contributed by atoms with Crippen LogP contribution in [0.3, 0.4) is 0 Å². The predicted octanol–water partition coefficient (Wildman–Crippen LogP) is 4.15. The Kier molecular flexibility index (Phi) is 6.87. The largest absolute Gasteiger partial charge is 0.327 e. The number of thioether (sulfide) groups is 1. The van der Waals surface area contributed by atoms with Gasteiger partial charge in [-0.25, -0.2) is 0 Å². The minimum atomic E-state index is 0. The van der Waals surface area contributed by atoms with Crippen LogP contribution in [0.15, 0.2) is 27.6 Å². The summed E-state index contributed by atoms with van der Waals surface area (Å²) in [7, 11) is 0. The molecule has 0 amide bonds. The van der Waals surface area contributed by atoms with Crippen LogP contribution in [0.2, 0.25) is 0 Å². The third kappa shape index (κ3) is 4.38. The van der Waals surface area contributed by atoms with Crippen LogP contribution in [0.4, 0.5) is 0 Å².